The molecule has 1 heterocycles. The Bertz CT molecular complexity index is 824. The molecule has 2 rings (SSSR count). The van der Waals surface area contributed by atoms with Crippen molar-refractivity contribution in [1.82, 2.24) is 9.78 Å². The fourth-order valence-corrected chi connectivity index (χ4v) is 3.45. The molecule has 0 saturated carbocycles. The van der Waals surface area contributed by atoms with Gasteiger partial charge in [0.05, 0.1) is 34.7 Å². The van der Waals surface area contributed by atoms with Crippen LogP contribution in [0.5, 0.6) is 0 Å². The molecular formula is C15H21ClN4O3S2. The molecule has 0 aliphatic heterocycles. The number of carbonyl (C=O) groups is 1. The van der Waals surface area contributed by atoms with E-state index in [2.05, 4.69) is 10.4 Å². The lowest BCUT2D eigenvalue weighted by atomic mass is 10.2. The number of aromatic nitrogens is 2. The molecule has 3 N–H and O–H groups in total. The van der Waals surface area contributed by atoms with E-state index in [1.54, 1.807) is 36.2 Å². The second-order valence-corrected chi connectivity index (χ2v) is 8.26. The SMILES string of the molecule is CSCC[C@H](N)C(=O)Nc1cnn(-c2ccccc2S(C)(=O)=O)c1.Cl. The molecule has 2 aromatic rings. The molecule has 1 amide bonds. The van der Waals surface area contributed by atoms with E-state index in [0.717, 1.165) is 12.0 Å². The van der Waals surface area contributed by atoms with Crippen molar-refractivity contribution < 1.29 is 13.2 Å². The quantitative estimate of drug-likeness (QED) is 0.727. The van der Waals surface area contributed by atoms with E-state index in [9.17, 15) is 13.2 Å². The highest BCUT2D eigenvalue weighted by Crippen LogP contribution is 2.20. The first kappa shape index (κ1) is 21.5. The first-order valence-corrected chi connectivity index (χ1v) is 10.5. The van der Waals surface area contributed by atoms with Crippen molar-refractivity contribution in [2.24, 2.45) is 5.73 Å². The number of hydrogen-bond acceptors (Lipinski definition) is 6. The summed E-state index contributed by atoms with van der Waals surface area (Å²) in [6.45, 7) is 0. The van der Waals surface area contributed by atoms with Gasteiger partial charge in [-0.2, -0.15) is 16.9 Å². The van der Waals surface area contributed by atoms with E-state index in [0.29, 0.717) is 17.8 Å². The highest BCUT2D eigenvalue weighted by molar-refractivity contribution is 7.98. The fraction of sp³-hybridized carbons (Fsp3) is 0.333. The molecular weight excluding hydrogens is 384 g/mol. The van der Waals surface area contributed by atoms with Gasteiger partial charge in [-0.1, -0.05) is 12.1 Å². The van der Waals surface area contributed by atoms with Crippen LogP contribution in [0.1, 0.15) is 6.42 Å². The van der Waals surface area contributed by atoms with Gasteiger partial charge in [0.15, 0.2) is 9.84 Å². The van der Waals surface area contributed by atoms with E-state index >= 15 is 0 Å². The molecule has 1 aromatic carbocycles. The Balaban J connectivity index is 0.00000312. The van der Waals surface area contributed by atoms with Gasteiger partial charge in [-0.3, -0.25) is 4.79 Å². The van der Waals surface area contributed by atoms with E-state index in [4.69, 9.17) is 5.73 Å². The summed E-state index contributed by atoms with van der Waals surface area (Å²) in [4.78, 5) is 12.2. The summed E-state index contributed by atoms with van der Waals surface area (Å²) in [6.07, 6.45) is 6.69. The Morgan fingerprint density at radius 1 is 1.40 bits per heavy atom. The van der Waals surface area contributed by atoms with Gasteiger partial charge >= 0.3 is 0 Å². The fourth-order valence-electron chi connectivity index (χ4n) is 2.09. The third kappa shape index (κ3) is 5.74. The predicted molar refractivity (Wildman–Crippen MR) is 104 cm³/mol. The highest BCUT2D eigenvalue weighted by atomic mass is 35.5. The summed E-state index contributed by atoms with van der Waals surface area (Å²) in [7, 11) is -3.39. The third-order valence-electron chi connectivity index (χ3n) is 3.33. The summed E-state index contributed by atoms with van der Waals surface area (Å²) in [6, 6.07) is 5.95. The Hall–Kier alpha value is -1.55. The number of nitrogens with one attached hydrogen (secondary N) is 1. The first-order valence-electron chi connectivity index (χ1n) is 7.22. The van der Waals surface area contributed by atoms with Crippen molar-refractivity contribution in [3.05, 3.63) is 36.7 Å². The molecule has 0 fully saturated rings. The van der Waals surface area contributed by atoms with E-state index < -0.39 is 15.9 Å². The zero-order valence-corrected chi connectivity index (χ0v) is 16.3. The monoisotopic (exact) mass is 404 g/mol. The van der Waals surface area contributed by atoms with Crippen LogP contribution in [0.25, 0.3) is 5.69 Å². The van der Waals surface area contributed by atoms with Crippen LogP contribution in [0.15, 0.2) is 41.6 Å². The molecule has 25 heavy (non-hydrogen) atoms. The van der Waals surface area contributed by atoms with Crippen LogP contribution in [0.2, 0.25) is 0 Å². The average molecular weight is 405 g/mol. The lowest BCUT2D eigenvalue weighted by Gasteiger charge is -2.10. The number of thioether (sulfide) groups is 1. The van der Waals surface area contributed by atoms with Gasteiger partial charge in [0.1, 0.15) is 0 Å². The topological polar surface area (TPSA) is 107 Å². The van der Waals surface area contributed by atoms with Crippen molar-refractivity contribution in [3.63, 3.8) is 0 Å². The van der Waals surface area contributed by atoms with Crippen molar-refractivity contribution in [3.8, 4) is 5.69 Å². The Kier molecular flexibility index (Phi) is 7.94. The molecule has 0 aliphatic rings. The van der Waals surface area contributed by atoms with Crippen LogP contribution >= 0.6 is 24.2 Å². The number of hydrogen-bond donors (Lipinski definition) is 2. The lowest BCUT2D eigenvalue weighted by Crippen LogP contribution is -2.35. The minimum absolute atomic E-state index is 0. The van der Waals surface area contributed by atoms with Crippen LogP contribution in [0.4, 0.5) is 5.69 Å². The van der Waals surface area contributed by atoms with Gasteiger partial charge in [-0.25, -0.2) is 13.1 Å². The minimum atomic E-state index is -3.39. The van der Waals surface area contributed by atoms with Crippen LogP contribution < -0.4 is 11.1 Å². The molecule has 0 radical (unpaired) electrons. The van der Waals surface area contributed by atoms with Crippen LogP contribution in [0, 0.1) is 0 Å². The standard InChI is InChI=1S/C15H20N4O3S2.ClH/c1-23-8-7-12(16)15(20)18-11-9-17-19(10-11)13-5-3-4-6-14(13)24(2,21)22;/h3-6,9-10,12H,7-8,16H2,1-2H3,(H,18,20);1H/t12-;/m0./s1. The van der Waals surface area contributed by atoms with Crippen molar-refractivity contribution in [1.29, 1.82) is 0 Å². The Labute approximate surface area is 157 Å². The van der Waals surface area contributed by atoms with Gasteiger partial charge < -0.3 is 11.1 Å². The maximum Gasteiger partial charge on any atom is 0.241 e. The number of sulfone groups is 1. The number of halogens is 1. The summed E-state index contributed by atoms with van der Waals surface area (Å²) >= 11 is 1.63. The molecule has 10 heteroatoms. The second kappa shape index (κ2) is 9.23. The number of amides is 1. The van der Waals surface area contributed by atoms with E-state index in [-0.39, 0.29) is 23.2 Å². The molecule has 0 unspecified atom stereocenters. The Morgan fingerprint density at radius 2 is 2.08 bits per heavy atom. The number of nitrogens with two attached hydrogens (primary N) is 1. The number of anilines is 1. The number of para-hydroxylation sites is 1. The first-order chi connectivity index (χ1) is 11.3. The third-order valence-corrected chi connectivity index (χ3v) is 5.12. The normalized spacial score (nSPS) is 12.3. The zero-order valence-electron chi connectivity index (χ0n) is 13.9. The average Bonchev–Trinajstić information content (AvgIpc) is 3.00. The smallest absolute Gasteiger partial charge is 0.241 e. The minimum Gasteiger partial charge on any atom is -0.322 e. The predicted octanol–water partition coefficient (Wildman–Crippen LogP) is 1.72. The molecule has 1 aromatic heterocycles. The van der Waals surface area contributed by atoms with Gasteiger partial charge in [0, 0.05) is 6.26 Å². The number of nitrogens with zero attached hydrogens (tertiary/aromatic N) is 2. The number of benzene rings is 1. The maximum atomic E-state index is 12.0. The Morgan fingerprint density at radius 3 is 2.72 bits per heavy atom. The van der Waals surface area contributed by atoms with Crippen LogP contribution in [-0.4, -0.2) is 48.4 Å². The van der Waals surface area contributed by atoms with Gasteiger partial charge in [0.2, 0.25) is 5.91 Å². The van der Waals surface area contributed by atoms with Gasteiger partial charge in [-0.15, -0.1) is 12.4 Å². The van der Waals surface area contributed by atoms with E-state index in [1.807, 2.05) is 6.26 Å². The number of carbonyl (C=O) groups excluding carboxylic acids is 1. The van der Waals surface area contributed by atoms with Crippen molar-refractivity contribution >= 4 is 45.6 Å². The summed E-state index contributed by atoms with van der Waals surface area (Å²) in [5.74, 6) is 0.510. The molecule has 0 bridgehead atoms. The van der Waals surface area contributed by atoms with E-state index in [1.165, 1.54) is 16.9 Å². The largest absolute Gasteiger partial charge is 0.322 e. The second-order valence-electron chi connectivity index (χ2n) is 5.29. The van der Waals surface area contributed by atoms with Crippen molar-refractivity contribution in [2.45, 2.75) is 17.4 Å². The van der Waals surface area contributed by atoms with Gasteiger partial charge in [0.25, 0.3) is 0 Å². The molecule has 138 valence electrons. The summed E-state index contributed by atoms with van der Waals surface area (Å²) in [5, 5.41) is 6.82. The lowest BCUT2D eigenvalue weighted by molar-refractivity contribution is -0.117. The molecule has 1 atom stereocenters. The van der Waals surface area contributed by atoms with Crippen molar-refractivity contribution in [2.75, 3.05) is 23.6 Å². The van der Waals surface area contributed by atoms with Crippen LogP contribution in [-0.2, 0) is 14.6 Å². The molecule has 0 saturated heterocycles. The molecule has 0 spiro atoms. The number of rotatable bonds is 7. The van der Waals surface area contributed by atoms with Gasteiger partial charge in [-0.05, 0) is 30.6 Å². The summed E-state index contributed by atoms with van der Waals surface area (Å²) < 4.78 is 25.2. The molecule has 7 nitrogen and oxygen atoms in total. The summed E-state index contributed by atoms with van der Waals surface area (Å²) in [5.41, 5.74) is 6.70. The highest BCUT2D eigenvalue weighted by Gasteiger charge is 2.17. The maximum absolute atomic E-state index is 12.0. The van der Waals surface area contributed by atoms with Crippen LogP contribution in [0.3, 0.4) is 0 Å². The zero-order chi connectivity index (χ0) is 17.7. The molecule has 0 aliphatic carbocycles.